The van der Waals surface area contributed by atoms with Gasteiger partial charge in [-0.15, -0.1) is 0 Å². The summed E-state index contributed by atoms with van der Waals surface area (Å²) in [6.07, 6.45) is 1.56. The molecule has 2 amide bonds. The molecule has 142 valence electrons. The topological polar surface area (TPSA) is 86.8 Å². The fourth-order valence-electron chi connectivity index (χ4n) is 3.60. The molecule has 0 saturated carbocycles. The van der Waals surface area contributed by atoms with Crippen LogP contribution >= 0.6 is 0 Å². The van der Waals surface area contributed by atoms with E-state index in [4.69, 9.17) is 0 Å². The number of rotatable bonds is 4. The highest BCUT2D eigenvalue weighted by atomic mass is 32.2. The van der Waals surface area contributed by atoms with E-state index in [1.54, 1.807) is 30.9 Å². The van der Waals surface area contributed by atoms with E-state index in [1.807, 2.05) is 0 Å². The van der Waals surface area contributed by atoms with Crippen LogP contribution in [0.2, 0.25) is 0 Å². The SMILES string of the molecule is CC(C)N(C)S(=O)(=O)c1cccc(C(=O)N2CCC[C@@H]3C(=O)NC[C@H]32)c1. The van der Waals surface area contributed by atoms with E-state index in [9.17, 15) is 18.0 Å². The number of nitrogens with zero attached hydrogens (tertiary/aromatic N) is 2. The third-order valence-corrected chi connectivity index (χ3v) is 7.38. The number of amides is 2. The van der Waals surface area contributed by atoms with Crippen LogP contribution in [0.4, 0.5) is 0 Å². The molecular weight excluding hydrogens is 354 g/mol. The van der Waals surface area contributed by atoms with Gasteiger partial charge in [0.25, 0.3) is 5.91 Å². The fraction of sp³-hybridized carbons (Fsp3) is 0.556. The number of carbonyl (C=O) groups excluding carboxylic acids is 2. The lowest BCUT2D eigenvalue weighted by atomic mass is 9.91. The number of piperidine rings is 1. The molecule has 0 aliphatic carbocycles. The van der Waals surface area contributed by atoms with Crippen LogP contribution in [-0.2, 0) is 14.8 Å². The number of sulfonamides is 1. The predicted octanol–water partition coefficient (Wildman–Crippen LogP) is 1.07. The van der Waals surface area contributed by atoms with Crippen molar-refractivity contribution >= 4 is 21.8 Å². The van der Waals surface area contributed by atoms with Crippen molar-refractivity contribution < 1.29 is 18.0 Å². The standard InChI is InChI=1S/C18H25N3O4S/c1-12(2)20(3)26(24,25)14-7-4-6-13(10-14)18(23)21-9-5-8-15-16(21)11-19-17(15)22/h4,6-7,10,12,15-16H,5,8-9,11H2,1-3H3,(H,19,22)/t15-,16+/m0/s1. The molecule has 0 spiro atoms. The zero-order valence-electron chi connectivity index (χ0n) is 15.3. The zero-order chi connectivity index (χ0) is 19.1. The normalized spacial score (nSPS) is 23.3. The van der Waals surface area contributed by atoms with E-state index in [0.717, 1.165) is 12.8 Å². The summed E-state index contributed by atoms with van der Waals surface area (Å²) in [5.74, 6) is -0.380. The minimum atomic E-state index is -3.66. The Balaban J connectivity index is 1.88. The van der Waals surface area contributed by atoms with Crippen molar-refractivity contribution in [2.24, 2.45) is 5.92 Å². The van der Waals surface area contributed by atoms with Crippen molar-refractivity contribution in [3.63, 3.8) is 0 Å². The summed E-state index contributed by atoms with van der Waals surface area (Å²) in [6.45, 7) is 4.64. The van der Waals surface area contributed by atoms with Crippen LogP contribution in [0, 0.1) is 5.92 Å². The molecule has 0 radical (unpaired) electrons. The monoisotopic (exact) mass is 379 g/mol. The van der Waals surface area contributed by atoms with E-state index in [-0.39, 0.29) is 34.7 Å². The zero-order valence-corrected chi connectivity index (χ0v) is 16.1. The highest BCUT2D eigenvalue weighted by Gasteiger charge is 2.42. The van der Waals surface area contributed by atoms with Gasteiger partial charge in [0.15, 0.2) is 0 Å². The van der Waals surface area contributed by atoms with Crippen LogP contribution in [0.3, 0.4) is 0 Å². The molecule has 1 aromatic carbocycles. The summed E-state index contributed by atoms with van der Waals surface area (Å²) in [7, 11) is -2.13. The van der Waals surface area contributed by atoms with Crippen LogP contribution in [-0.4, -0.2) is 61.7 Å². The first kappa shape index (κ1) is 18.8. The van der Waals surface area contributed by atoms with Crippen molar-refractivity contribution in [3.8, 4) is 0 Å². The van der Waals surface area contributed by atoms with Crippen molar-refractivity contribution in [1.29, 1.82) is 0 Å². The summed E-state index contributed by atoms with van der Waals surface area (Å²) in [5.41, 5.74) is 0.336. The molecule has 3 rings (SSSR count). The summed E-state index contributed by atoms with van der Waals surface area (Å²) in [6, 6.07) is 5.83. The van der Waals surface area contributed by atoms with Crippen LogP contribution in [0.25, 0.3) is 0 Å². The van der Waals surface area contributed by atoms with Gasteiger partial charge in [0.05, 0.1) is 16.9 Å². The van der Waals surface area contributed by atoms with Gasteiger partial charge in [0.1, 0.15) is 0 Å². The molecule has 2 atom stereocenters. The summed E-state index contributed by atoms with van der Waals surface area (Å²) >= 11 is 0. The maximum absolute atomic E-state index is 13.0. The number of carbonyl (C=O) groups is 2. The fourth-order valence-corrected chi connectivity index (χ4v) is 5.02. The highest BCUT2D eigenvalue weighted by Crippen LogP contribution is 2.29. The molecule has 0 unspecified atom stereocenters. The van der Waals surface area contributed by atoms with Crippen molar-refractivity contribution in [1.82, 2.24) is 14.5 Å². The molecule has 7 nitrogen and oxygen atoms in total. The molecule has 1 aromatic rings. The molecule has 0 bridgehead atoms. The van der Waals surface area contributed by atoms with Crippen molar-refractivity contribution in [2.75, 3.05) is 20.1 Å². The Labute approximate surface area is 154 Å². The van der Waals surface area contributed by atoms with E-state index in [2.05, 4.69) is 5.32 Å². The third kappa shape index (κ3) is 3.23. The first-order valence-corrected chi connectivity index (χ1v) is 10.3. The molecule has 2 fully saturated rings. The van der Waals surface area contributed by atoms with Gasteiger partial charge >= 0.3 is 0 Å². The van der Waals surface area contributed by atoms with Gasteiger partial charge in [-0.1, -0.05) is 6.07 Å². The molecule has 2 heterocycles. The van der Waals surface area contributed by atoms with Crippen LogP contribution in [0.15, 0.2) is 29.2 Å². The predicted molar refractivity (Wildman–Crippen MR) is 97.1 cm³/mol. The molecule has 2 saturated heterocycles. The van der Waals surface area contributed by atoms with Gasteiger partial charge in [-0.3, -0.25) is 9.59 Å². The smallest absolute Gasteiger partial charge is 0.254 e. The number of fused-ring (bicyclic) bond motifs is 1. The molecule has 26 heavy (non-hydrogen) atoms. The minimum Gasteiger partial charge on any atom is -0.354 e. The second-order valence-electron chi connectivity index (χ2n) is 7.20. The maximum Gasteiger partial charge on any atom is 0.254 e. The summed E-state index contributed by atoms with van der Waals surface area (Å²) < 4.78 is 26.7. The molecule has 8 heteroatoms. The lowest BCUT2D eigenvalue weighted by Crippen LogP contribution is -2.48. The molecule has 2 aliphatic rings. The van der Waals surface area contributed by atoms with Gasteiger partial charge in [0, 0.05) is 31.7 Å². The number of hydrogen-bond acceptors (Lipinski definition) is 4. The van der Waals surface area contributed by atoms with Gasteiger partial charge in [-0.25, -0.2) is 8.42 Å². The van der Waals surface area contributed by atoms with Gasteiger partial charge in [-0.05, 0) is 44.9 Å². The molecule has 1 N–H and O–H groups in total. The number of hydrogen-bond donors (Lipinski definition) is 1. The van der Waals surface area contributed by atoms with Gasteiger partial charge in [0.2, 0.25) is 15.9 Å². The Morgan fingerprint density at radius 1 is 1.35 bits per heavy atom. The average molecular weight is 379 g/mol. The Morgan fingerprint density at radius 2 is 2.08 bits per heavy atom. The van der Waals surface area contributed by atoms with Crippen LogP contribution < -0.4 is 5.32 Å². The van der Waals surface area contributed by atoms with Gasteiger partial charge < -0.3 is 10.2 Å². The largest absolute Gasteiger partial charge is 0.354 e. The summed E-state index contributed by atoms with van der Waals surface area (Å²) in [5, 5.41) is 2.83. The second-order valence-corrected chi connectivity index (χ2v) is 9.20. The lowest BCUT2D eigenvalue weighted by molar-refractivity contribution is -0.123. The van der Waals surface area contributed by atoms with Crippen molar-refractivity contribution in [3.05, 3.63) is 29.8 Å². The number of likely N-dealkylation sites (tertiary alicyclic amines) is 1. The highest BCUT2D eigenvalue weighted by molar-refractivity contribution is 7.89. The average Bonchev–Trinajstić information content (AvgIpc) is 3.01. The molecule has 2 aliphatic heterocycles. The lowest BCUT2D eigenvalue weighted by Gasteiger charge is -2.36. The first-order chi connectivity index (χ1) is 12.2. The first-order valence-electron chi connectivity index (χ1n) is 8.90. The number of benzene rings is 1. The maximum atomic E-state index is 13.0. The van der Waals surface area contributed by atoms with Gasteiger partial charge in [-0.2, -0.15) is 4.31 Å². The molecule has 0 aromatic heterocycles. The number of nitrogens with one attached hydrogen (secondary N) is 1. The van der Waals surface area contributed by atoms with E-state index < -0.39 is 10.0 Å². The van der Waals surface area contributed by atoms with Crippen LogP contribution in [0.1, 0.15) is 37.0 Å². The minimum absolute atomic E-state index is 0.00221. The van der Waals surface area contributed by atoms with Crippen molar-refractivity contribution in [2.45, 2.75) is 43.7 Å². The Hall–Kier alpha value is -1.93. The Morgan fingerprint density at radius 3 is 2.77 bits per heavy atom. The second kappa shape index (κ2) is 7.00. The molecular formula is C18H25N3O4S. The Bertz CT molecular complexity index is 821. The quantitative estimate of drug-likeness (QED) is 0.848. The third-order valence-electron chi connectivity index (χ3n) is 5.35. The van der Waals surface area contributed by atoms with E-state index in [0.29, 0.717) is 18.7 Å². The van der Waals surface area contributed by atoms with Crippen LogP contribution in [0.5, 0.6) is 0 Å². The van der Waals surface area contributed by atoms with E-state index in [1.165, 1.54) is 23.5 Å². The summed E-state index contributed by atoms with van der Waals surface area (Å²) in [4.78, 5) is 26.7. The van der Waals surface area contributed by atoms with E-state index >= 15 is 0 Å². The Kier molecular flexibility index (Phi) is 5.07.